The maximum absolute atomic E-state index is 4.32. The van der Waals surface area contributed by atoms with Gasteiger partial charge >= 0.3 is 0 Å². The number of hydrogen-bond acceptors (Lipinski definition) is 16. The highest BCUT2D eigenvalue weighted by atomic mass is 32.1. The van der Waals surface area contributed by atoms with Crippen LogP contribution in [0.3, 0.4) is 0 Å². The fourth-order valence-electron chi connectivity index (χ4n) is 22.1. The molecule has 14 nitrogen and oxygen atoms in total. The van der Waals surface area contributed by atoms with Crippen LogP contribution in [-0.2, 0) is 11.8 Å². The summed E-state index contributed by atoms with van der Waals surface area (Å²) in [7, 11) is 0. The SMILES string of the molecule is CC(C)(C)C1=CCC=N1.CC(C)(C)C1CCCCC1.CC(C)(C)N1CC2CCC(C2)C1.CC(C)(C)N1CC2CCC1C2.CC(C)(C)N1CCC1.CC(C)(C)N1CCCCC1.CC(C)(C)N1CCNCC1.CC(C)(C)c1ccc2c(c1)CCN2.CC(C)C1=NCC=C1.CC(C)C1CCCC1.CC(C)N1CC2CC2C1.CC(C)N1CCCC1.CC(C)c1cccc2ncccc12.CC(C)c1cncs1.CC(C)c1cscn1. The molecule has 6 unspecified atom stereocenters. The van der Waals surface area contributed by atoms with Crippen LogP contribution in [0.25, 0.3) is 10.9 Å². The molecule has 5 saturated carbocycles. The molecule has 20 rings (SSSR count). The molecule has 16 heteroatoms. The van der Waals surface area contributed by atoms with E-state index in [0.717, 1.165) is 104 Å². The van der Waals surface area contributed by atoms with Crippen molar-refractivity contribution in [2.24, 2.45) is 74.1 Å². The van der Waals surface area contributed by atoms with E-state index in [1.165, 1.54) is 283 Å². The molecule has 5 aromatic rings. The lowest BCUT2D eigenvalue weighted by atomic mass is 9.72. The van der Waals surface area contributed by atoms with E-state index < -0.39 is 0 Å². The van der Waals surface area contributed by atoms with Gasteiger partial charge < -0.3 is 20.4 Å². The van der Waals surface area contributed by atoms with Crippen molar-refractivity contribution in [1.29, 1.82) is 0 Å². The maximum Gasteiger partial charge on any atom is 0.0794 e. The van der Waals surface area contributed by atoms with Gasteiger partial charge in [0.15, 0.2) is 0 Å². The number of rotatable bonds is 7. The fraction of sp³-hybridized carbons (Fsp3) is 0.791. The number of anilines is 1. The summed E-state index contributed by atoms with van der Waals surface area (Å²) in [5.41, 5.74) is 17.2. The lowest BCUT2D eigenvalue weighted by Crippen LogP contribution is -2.51. The van der Waals surface area contributed by atoms with E-state index in [2.05, 4.69) is 399 Å². The third kappa shape index (κ3) is 49.2. The van der Waals surface area contributed by atoms with Crippen LogP contribution in [0.4, 0.5) is 5.69 Å². The molecule has 3 aromatic heterocycles. The van der Waals surface area contributed by atoms with Gasteiger partial charge in [0.1, 0.15) is 0 Å². The Morgan fingerprint density at radius 1 is 0.448 bits per heavy atom. The van der Waals surface area contributed by atoms with Crippen molar-refractivity contribution < 1.29 is 0 Å². The molecule has 6 atom stereocenters. The number of nitrogens with one attached hydrogen (secondary N) is 2. The summed E-state index contributed by atoms with van der Waals surface area (Å²) < 4.78 is 0. The summed E-state index contributed by atoms with van der Waals surface area (Å²) in [6, 6.07) is 19.7. The predicted octanol–water partition coefficient (Wildman–Crippen LogP) is 33.4. The maximum atomic E-state index is 4.32. The molecular formula is C129H230N14S2. The number of likely N-dealkylation sites (tertiary alicyclic amines) is 6. The van der Waals surface area contributed by atoms with E-state index in [0.29, 0.717) is 56.8 Å². The quantitative estimate of drug-likeness (QED) is 0.162. The zero-order valence-electron chi connectivity index (χ0n) is 102. The Kier molecular flexibility index (Phi) is 55.8. The zero-order valence-corrected chi connectivity index (χ0v) is 103. The predicted molar refractivity (Wildman–Crippen MR) is 645 cm³/mol. The number of benzene rings is 2. The summed E-state index contributed by atoms with van der Waals surface area (Å²) in [6.45, 7) is 108. The van der Waals surface area contributed by atoms with Gasteiger partial charge in [0.05, 0.1) is 28.8 Å². The number of fused-ring (bicyclic) bond motifs is 7. The Labute approximate surface area is 904 Å². The van der Waals surface area contributed by atoms with E-state index in [9.17, 15) is 0 Å². The summed E-state index contributed by atoms with van der Waals surface area (Å²) >= 11 is 3.38. The zero-order chi connectivity index (χ0) is 108. The second-order valence-electron chi connectivity index (χ2n) is 55.3. The first-order valence-electron chi connectivity index (χ1n) is 59.2. The Balaban J connectivity index is 0.000000238. The molecule has 2 aromatic carbocycles. The number of thiazole rings is 2. The number of hydrogen-bond donors (Lipinski definition) is 2. The van der Waals surface area contributed by atoms with Crippen LogP contribution in [0.1, 0.15) is 456 Å². The van der Waals surface area contributed by atoms with Crippen molar-refractivity contribution >= 4 is 51.2 Å². The lowest BCUT2D eigenvalue weighted by molar-refractivity contribution is 0.0690. The minimum atomic E-state index is 0.243. The first-order valence-corrected chi connectivity index (χ1v) is 61.0. The minimum absolute atomic E-state index is 0.243. The molecule has 10 aliphatic heterocycles. The topological polar surface area (TPSA) is 110 Å². The molecule has 5 aliphatic carbocycles. The van der Waals surface area contributed by atoms with Crippen LogP contribution in [0.5, 0.6) is 0 Å². The fourth-order valence-corrected chi connectivity index (χ4v) is 23.5. The van der Waals surface area contributed by atoms with Crippen molar-refractivity contribution in [2.75, 3.05) is 117 Å². The molecule has 0 spiro atoms. The third-order valence-electron chi connectivity index (χ3n) is 32.5. The number of aliphatic imine (C=N–C) groups is 2. The smallest absolute Gasteiger partial charge is 0.0794 e. The van der Waals surface area contributed by atoms with Gasteiger partial charge in [-0.15, -0.1) is 22.7 Å². The molecule has 12 fully saturated rings. The van der Waals surface area contributed by atoms with Gasteiger partial charge in [-0.2, -0.15) is 0 Å². The number of pyridine rings is 1. The molecule has 828 valence electrons. The average Bonchev–Trinajstić information content (AvgIpc) is 1.63. The van der Waals surface area contributed by atoms with Crippen LogP contribution in [-0.4, -0.2) is 218 Å². The molecule has 15 aliphatic rings. The number of allylic oxidation sites excluding steroid dienone is 3. The number of piperidine rings is 4. The molecule has 0 amide bonds. The monoisotopic (exact) mass is 2040 g/mol. The Hall–Kier alpha value is -4.59. The molecule has 0 radical (unpaired) electrons. The van der Waals surface area contributed by atoms with Crippen molar-refractivity contribution in [3.63, 3.8) is 0 Å². The Morgan fingerprint density at radius 3 is 1.34 bits per heavy atom. The summed E-state index contributed by atoms with van der Waals surface area (Å²) in [5, 5.41) is 10.1. The molecule has 13 heterocycles. The molecular weight excluding hydrogens is 1810 g/mol. The molecule has 145 heavy (non-hydrogen) atoms. The van der Waals surface area contributed by atoms with Gasteiger partial charge in [0.25, 0.3) is 0 Å². The van der Waals surface area contributed by atoms with E-state index in [-0.39, 0.29) is 10.8 Å². The van der Waals surface area contributed by atoms with Crippen LogP contribution in [0.2, 0.25) is 0 Å². The molecule has 4 bridgehead atoms. The summed E-state index contributed by atoms with van der Waals surface area (Å²) in [4.78, 5) is 40.4. The third-order valence-corrected chi connectivity index (χ3v) is 34.2. The van der Waals surface area contributed by atoms with Crippen LogP contribution >= 0.6 is 22.7 Å². The molecule has 2 N–H and O–H groups in total. The van der Waals surface area contributed by atoms with E-state index in [4.69, 9.17) is 0 Å². The van der Waals surface area contributed by atoms with Gasteiger partial charge in [-0.3, -0.25) is 44.5 Å². The highest BCUT2D eigenvalue weighted by molar-refractivity contribution is 7.09. The lowest BCUT2D eigenvalue weighted by Gasteiger charge is -2.42. The highest BCUT2D eigenvalue weighted by Crippen LogP contribution is 2.46. The second kappa shape index (κ2) is 62.7. The largest absolute Gasteiger partial charge is 0.384 e. The average molecular weight is 2040 g/mol. The number of aromatic nitrogens is 3. The van der Waals surface area contributed by atoms with E-state index in [1.807, 2.05) is 35.7 Å². The van der Waals surface area contributed by atoms with Gasteiger partial charge in [0.2, 0.25) is 0 Å². The highest BCUT2D eigenvalue weighted by Gasteiger charge is 2.46. The number of nitrogens with zero attached hydrogens (tertiary/aromatic N) is 12. The number of piperazine rings is 1. The molecule has 7 saturated heterocycles. The Bertz CT molecular complexity index is 4210. The standard InChI is InChI=1S/C12H17N.C12H13N.C11H21N.C10H19N.C10H20.C9H19N.C8H18N2.C8H15N.C8H13N.C8H16.2C7H15N.C7H11N.2C6H9NS/c1-12(2,3)10-4-5-11-9(8-10)6-7-13-11;1-9(2)10-5-3-7-12-11(10)6-4-8-13-12;1-11(2,3)12-7-9-4-5-10(6-9)8-12;1-10(2,3)11-7-8-4-5-9(11)6-8;1-10(2,3)9-7-5-4-6-8-9;1-9(2,3)10-7-5-4-6-8-10;1-8(2,3)10-6-4-9-5-7-10;1-6(2)9-4-7-3-8(7)5-9;1-8(2,3)7-5-4-6-9-7;1-7(2)8-5-3-4-6-8;1-7(2,3)8-5-4-6-8;1-7(2)8-5-3-4-6-8;1-6(2)7-4-3-5-8-7;1-5(2)6-3-8-4-7-6;1-5(2)6-3-7-4-8-6/h4-5,8,13H,6-7H2,1-3H3;3-9H,1-2H3;9-10H,4-8H2,1-3H3;8-9H,4-7H2,1-3H3;9H,4-8H2,1-3H3;4-8H2,1-3H3;9H,4-7H2,1-3H3;6-8H,3-5H2,1-2H3;5-6H,4H2,1-3H3;7-8H,3-6H2,1-2H3;4-6H2,1-3H3;7H,3-6H2,1-2H3;3-4,6H,5H2,1-2H3;2*3-5H,1-2H3. The second-order valence-corrected chi connectivity index (χ2v) is 56.9. The van der Waals surface area contributed by atoms with Crippen molar-refractivity contribution in [1.82, 2.24) is 54.6 Å². The van der Waals surface area contributed by atoms with E-state index >= 15 is 0 Å². The van der Waals surface area contributed by atoms with Crippen LogP contribution in [0.15, 0.2) is 111 Å². The van der Waals surface area contributed by atoms with Crippen LogP contribution in [0, 0.1) is 64.1 Å². The minimum Gasteiger partial charge on any atom is -0.384 e. The van der Waals surface area contributed by atoms with Gasteiger partial charge in [0, 0.05) is 174 Å². The van der Waals surface area contributed by atoms with Crippen molar-refractivity contribution in [3.8, 4) is 0 Å². The van der Waals surface area contributed by atoms with Gasteiger partial charge in [-0.1, -0.05) is 225 Å². The first-order chi connectivity index (χ1) is 67.8. The Morgan fingerprint density at radius 2 is 0.993 bits per heavy atom. The van der Waals surface area contributed by atoms with E-state index in [1.54, 1.807) is 22.7 Å². The normalized spacial score (nSPS) is 22.8. The van der Waals surface area contributed by atoms with Crippen molar-refractivity contribution in [2.45, 2.75) is 486 Å². The van der Waals surface area contributed by atoms with Crippen molar-refractivity contribution in [3.05, 3.63) is 129 Å². The summed E-state index contributed by atoms with van der Waals surface area (Å²) in [5.74, 6) is 10.7. The van der Waals surface area contributed by atoms with Gasteiger partial charge in [-0.25, -0.2) is 4.98 Å². The van der Waals surface area contributed by atoms with Crippen LogP contribution < -0.4 is 10.6 Å². The van der Waals surface area contributed by atoms with Gasteiger partial charge in [-0.05, 0) is 390 Å². The summed E-state index contributed by atoms with van der Waals surface area (Å²) in [6.07, 6.45) is 46.6. The first kappa shape index (κ1) is 129.